The molecule has 0 saturated heterocycles. The molecule has 0 bridgehead atoms. The van der Waals surface area contributed by atoms with Crippen LogP contribution in [0.1, 0.15) is 47.1 Å². The van der Waals surface area contributed by atoms with Gasteiger partial charge in [0.05, 0.1) is 11.5 Å². The van der Waals surface area contributed by atoms with Crippen molar-refractivity contribution < 1.29 is 18.6 Å². The van der Waals surface area contributed by atoms with Crippen LogP contribution in [0.4, 0.5) is 8.78 Å². The standard InChI is InChI=1S/C17H26F2O2/c1-11(2)17(20,12(3)15(18)19)13-7-9-14(10-8-13)21-16(4,5)6/h7-12,15,20H,1-6H3. The number of halogens is 2. The molecule has 1 rings (SSSR count). The lowest BCUT2D eigenvalue weighted by molar-refractivity contribution is -0.112. The predicted molar refractivity (Wildman–Crippen MR) is 80.7 cm³/mol. The van der Waals surface area contributed by atoms with Gasteiger partial charge in [-0.2, -0.15) is 0 Å². The van der Waals surface area contributed by atoms with E-state index in [0.29, 0.717) is 11.3 Å². The maximum Gasteiger partial charge on any atom is 0.244 e. The lowest BCUT2D eigenvalue weighted by atomic mass is 9.74. The number of hydrogen-bond donors (Lipinski definition) is 1. The Morgan fingerprint density at radius 3 is 1.81 bits per heavy atom. The van der Waals surface area contributed by atoms with E-state index in [2.05, 4.69) is 0 Å². The number of rotatable bonds is 5. The highest BCUT2D eigenvalue weighted by Crippen LogP contribution is 2.40. The van der Waals surface area contributed by atoms with Gasteiger partial charge < -0.3 is 9.84 Å². The first-order valence-corrected chi connectivity index (χ1v) is 7.28. The second-order valence-corrected chi connectivity index (χ2v) is 6.84. The summed E-state index contributed by atoms with van der Waals surface area (Å²) in [5, 5.41) is 10.8. The van der Waals surface area contributed by atoms with Crippen LogP contribution in [0.15, 0.2) is 24.3 Å². The fraction of sp³-hybridized carbons (Fsp3) is 0.647. The Kier molecular flexibility index (Phi) is 5.37. The first-order valence-electron chi connectivity index (χ1n) is 7.28. The second kappa shape index (κ2) is 6.30. The zero-order valence-electron chi connectivity index (χ0n) is 13.7. The van der Waals surface area contributed by atoms with Crippen molar-refractivity contribution in [1.82, 2.24) is 0 Å². The SMILES string of the molecule is CC(C)C(O)(c1ccc(OC(C)(C)C)cc1)C(C)C(F)F. The quantitative estimate of drug-likeness (QED) is 0.860. The third-order valence-electron chi connectivity index (χ3n) is 3.69. The highest BCUT2D eigenvalue weighted by molar-refractivity contribution is 5.32. The third-order valence-corrected chi connectivity index (χ3v) is 3.69. The summed E-state index contributed by atoms with van der Waals surface area (Å²) in [6, 6.07) is 6.76. The van der Waals surface area contributed by atoms with Crippen LogP contribution in [0.2, 0.25) is 0 Å². The van der Waals surface area contributed by atoms with E-state index in [0.717, 1.165) is 0 Å². The van der Waals surface area contributed by atoms with Gasteiger partial charge in [-0.3, -0.25) is 0 Å². The van der Waals surface area contributed by atoms with Crippen molar-refractivity contribution in [2.24, 2.45) is 11.8 Å². The van der Waals surface area contributed by atoms with E-state index in [4.69, 9.17) is 4.74 Å². The minimum Gasteiger partial charge on any atom is -0.488 e. The van der Waals surface area contributed by atoms with Gasteiger partial charge in [-0.05, 0) is 44.4 Å². The molecule has 0 heterocycles. The average Bonchev–Trinajstić information content (AvgIpc) is 2.35. The van der Waals surface area contributed by atoms with Gasteiger partial charge in [0.15, 0.2) is 0 Å². The van der Waals surface area contributed by atoms with Crippen LogP contribution in [0.25, 0.3) is 0 Å². The second-order valence-electron chi connectivity index (χ2n) is 6.84. The zero-order valence-corrected chi connectivity index (χ0v) is 13.7. The van der Waals surface area contributed by atoms with Crippen LogP contribution in [0, 0.1) is 11.8 Å². The molecule has 0 radical (unpaired) electrons. The topological polar surface area (TPSA) is 29.5 Å². The molecule has 0 amide bonds. The van der Waals surface area contributed by atoms with Gasteiger partial charge in [0.2, 0.25) is 6.43 Å². The van der Waals surface area contributed by atoms with Crippen LogP contribution in [0.5, 0.6) is 5.75 Å². The minimum atomic E-state index is -2.58. The van der Waals surface area contributed by atoms with Gasteiger partial charge in [0.1, 0.15) is 11.4 Å². The van der Waals surface area contributed by atoms with E-state index in [1.807, 2.05) is 20.8 Å². The first kappa shape index (κ1) is 17.9. The van der Waals surface area contributed by atoms with Crippen molar-refractivity contribution in [1.29, 1.82) is 0 Å². The highest BCUT2D eigenvalue weighted by atomic mass is 19.3. The van der Waals surface area contributed by atoms with Gasteiger partial charge >= 0.3 is 0 Å². The molecule has 1 aromatic rings. The van der Waals surface area contributed by atoms with E-state index >= 15 is 0 Å². The Hall–Kier alpha value is -1.16. The van der Waals surface area contributed by atoms with Crippen LogP contribution in [0.3, 0.4) is 0 Å². The lowest BCUT2D eigenvalue weighted by Crippen LogP contribution is -2.42. The van der Waals surface area contributed by atoms with Crippen LogP contribution in [-0.2, 0) is 5.60 Å². The molecule has 0 saturated carbocycles. The molecule has 1 N–H and O–H groups in total. The summed E-state index contributed by atoms with van der Waals surface area (Å²) in [7, 11) is 0. The van der Waals surface area contributed by atoms with Crippen LogP contribution < -0.4 is 4.74 Å². The van der Waals surface area contributed by atoms with Gasteiger partial charge in [-0.15, -0.1) is 0 Å². The maximum absolute atomic E-state index is 13.1. The smallest absolute Gasteiger partial charge is 0.244 e. The molecule has 2 unspecified atom stereocenters. The van der Waals surface area contributed by atoms with Crippen molar-refractivity contribution >= 4 is 0 Å². The largest absolute Gasteiger partial charge is 0.488 e. The maximum atomic E-state index is 13.1. The number of aliphatic hydroxyl groups is 1. The fourth-order valence-electron chi connectivity index (χ4n) is 2.46. The Labute approximate surface area is 126 Å². The summed E-state index contributed by atoms with van der Waals surface area (Å²) < 4.78 is 31.9. The normalized spacial score (nSPS) is 16.9. The fourth-order valence-corrected chi connectivity index (χ4v) is 2.46. The first-order chi connectivity index (χ1) is 9.48. The van der Waals surface area contributed by atoms with Crippen LogP contribution in [-0.4, -0.2) is 17.1 Å². The van der Waals surface area contributed by atoms with Crippen molar-refractivity contribution in [3.8, 4) is 5.75 Å². The van der Waals surface area contributed by atoms with Gasteiger partial charge in [0.25, 0.3) is 0 Å². The zero-order chi connectivity index (χ0) is 16.4. The molecule has 4 heteroatoms. The molecule has 0 spiro atoms. The predicted octanol–water partition coefficient (Wildman–Crippen LogP) is 4.61. The molecule has 0 aromatic heterocycles. The van der Waals surface area contributed by atoms with Crippen molar-refractivity contribution in [3.63, 3.8) is 0 Å². The summed E-state index contributed by atoms with van der Waals surface area (Å²) in [6.07, 6.45) is -2.58. The van der Waals surface area contributed by atoms with E-state index < -0.39 is 17.9 Å². The molecule has 0 aliphatic rings. The number of ether oxygens (including phenoxy) is 1. The third kappa shape index (κ3) is 4.16. The van der Waals surface area contributed by atoms with E-state index in [1.54, 1.807) is 38.1 Å². The molecule has 0 aliphatic carbocycles. The summed E-state index contributed by atoms with van der Waals surface area (Å²) in [5.74, 6) is -0.815. The van der Waals surface area contributed by atoms with Crippen molar-refractivity contribution in [2.45, 2.75) is 59.2 Å². The Morgan fingerprint density at radius 2 is 1.48 bits per heavy atom. The van der Waals surface area contributed by atoms with Crippen molar-refractivity contribution in [3.05, 3.63) is 29.8 Å². The molecular formula is C17H26F2O2. The van der Waals surface area contributed by atoms with E-state index in [-0.39, 0.29) is 11.5 Å². The summed E-state index contributed by atoms with van der Waals surface area (Å²) in [4.78, 5) is 0. The Balaban J connectivity index is 3.11. The van der Waals surface area contributed by atoms with Gasteiger partial charge in [-0.1, -0.05) is 32.9 Å². The van der Waals surface area contributed by atoms with Crippen molar-refractivity contribution in [2.75, 3.05) is 0 Å². The molecule has 2 atom stereocenters. The molecule has 21 heavy (non-hydrogen) atoms. The van der Waals surface area contributed by atoms with Gasteiger partial charge in [-0.25, -0.2) is 8.78 Å². The summed E-state index contributed by atoms with van der Waals surface area (Å²) >= 11 is 0. The number of benzene rings is 1. The number of hydrogen-bond acceptors (Lipinski definition) is 2. The summed E-state index contributed by atoms with van der Waals surface area (Å²) in [5.41, 5.74) is -1.40. The Morgan fingerprint density at radius 1 is 1.00 bits per heavy atom. The van der Waals surface area contributed by atoms with Gasteiger partial charge in [0, 0.05) is 0 Å². The molecule has 0 fully saturated rings. The average molecular weight is 300 g/mol. The van der Waals surface area contributed by atoms with E-state index in [1.165, 1.54) is 6.92 Å². The van der Waals surface area contributed by atoms with Crippen LogP contribution >= 0.6 is 0 Å². The molecule has 2 nitrogen and oxygen atoms in total. The molecule has 120 valence electrons. The molecule has 0 aliphatic heterocycles. The number of alkyl halides is 2. The van der Waals surface area contributed by atoms with E-state index in [9.17, 15) is 13.9 Å². The lowest BCUT2D eigenvalue weighted by Gasteiger charge is -2.38. The summed E-state index contributed by atoms with van der Waals surface area (Å²) in [6.45, 7) is 10.7. The minimum absolute atomic E-state index is 0.323. The Bertz CT molecular complexity index is 449. The monoisotopic (exact) mass is 300 g/mol. The molecular weight excluding hydrogens is 274 g/mol. The highest BCUT2D eigenvalue weighted by Gasteiger charge is 2.43. The molecule has 1 aromatic carbocycles.